The van der Waals surface area contributed by atoms with E-state index in [-0.39, 0.29) is 11.1 Å². The van der Waals surface area contributed by atoms with Crippen LogP contribution in [0.4, 0.5) is 4.39 Å². The smallest absolute Gasteiger partial charge is 0.141 e. The first-order valence-corrected chi connectivity index (χ1v) is 10.5. The van der Waals surface area contributed by atoms with E-state index in [9.17, 15) is 4.39 Å². The van der Waals surface area contributed by atoms with Crippen LogP contribution in [0.25, 0.3) is 16.9 Å². The predicted octanol–water partition coefficient (Wildman–Crippen LogP) is 5.56. The minimum absolute atomic E-state index is 0.0978. The fourth-order valence-corrected chi connectivity index (χ4v) is 4.12. The van der Waals surface area contributed by atoms with Gasteiger partial charge in [0.1, 0.15) is 5.82 Å². The van der Waals surface area contributed by atoms with Crippen molar-refractivity contribution in [3.05, 3.63) is 64.6 Å². The van der Waals surface area contributed by atoms with Crippen LogP contribution in [0.1, 0.15) is 18.2 Å². The molecule has 0 spiro atoms. The number of hydrogen-bond acceptors (Lipinski definition) is 3. The zero-order valence-corrected chi connectivity index (χ0v) is 16.8. The molecular formula is C21H20ClFN2OS. The van der Waals surface area contributed by atoms with Gasteiger partial charge >= 0.3 is 0 Å². The van der Waals surface area contributed by atoms with Crippen LogP contribution in [0.15, 0.2) is 47.4 Å². The summed E-state index contributed by atoms with van der Waals surface area (Å²) >= 11 is 7.74. The van der Waals surface area contributed by atoms with Crippen molar-refractivity contribution in [2.75, 3.05) is 12.9 Å². The van der Waals surface area contributed by atoms with Crippen molar-refractivity contribution in [2.45, 2.75) is 30.8 Å². The van der Waals surface area contributed by atoms with Crippen LogP contribution in [0.5, 0.6) is 0 Å². The number of nitrogens with zero attached hydrogens (tertiary/aromatic N) is 2. The van der Waals surface area contributed by atoms with Crippen LogP contribution < -0.4 is 0 Å². The number of rotatable bonds is 3. The third-order valence-electron chi connectivity index (χ3n) is 4.82. The molecule has 0 aliphatic carbocycles. The van der Waals surface area contributed by atoms with Crippen LogP contribution in [0, 0.1) is 5.82 Å². The first-order chi connectivity index (χ1) is 13.1. The molecule has 3 aromatic rings. The Labute approximate surface area is 167 Å². The molecule has 2 aromatic carbocycles. The Morgan fingerprint density at radius 3 is 2.89 bits per heavy atom. The molecule has 1 aromatic heterocycles. The van der Waals surface area contributed by atoms with Crippen LogP contribution >= 0.6 is 23.4 Å². The summed E-state index contributed by atoms with van der Waals surface area (Å²) in [5.74, 6) is -0.428. The molecule has 0 saturated heterocycles. The summed E-state index contributed by atoms with van der Waals surface area (Å²) < 4.78 is 21.4. The zero-order chi connectivity index (χ0) is 19.0. The van der Waals surface area contributed by atoms with Gasteiger partial charge in [0, 0.05) is 22.4 Å². The van der Waals surface area contributed by atoms with E-state index < -0.39 is 5.82 Å². The standard InChI is InChI=1S/C21H20ClFN2OS/c1-13-10-20-17(8-9-26-13)21(14-4-3-5-16(11-14)27-2)24-25(20)15-6-7-19(23)18(22)12-15/h3-7,11-13H,8-10H2,1-2H3/t13-/m1/s1. The lowest BCUT2D eigenvalue weighted by molar-refractivity contribution is 0.0735. The number of hydrogen-bond donors (Lipinski definition) is 0. The summed E-state index contributed by atoms with van der Waals surface area (Å²) in [5, 5.41) is 5.02. The predicted molar refractivity (Wildman–Crippen MR) is 109 cm³/mol. The zero-order valence-electron chi connectivity index (χ0n) is 15.2. The van der Waals surface area contributed by atoms with Crippen LogP contribution in [-0.2, 0) is 17.6 Å². The molecule has 140 valence electrons. The van der Waals surface area contributed by atoms with Crippen molar-refractivity contribution < 1.29 is 9.13 Å². The Hall–Kier alpha value is -1.82. The molecule has 2 heterocycles. The Bertz CT molecular complexity index is 988. The lowest BCUT2D eigenvalue weighted by Crippen LogP contribution is -2.13. The lowest BCUT2D eigenvalue weighted by atomic mass is 10.0. The molecule has 1 aliphatic rings. The van der Waals surface area contributed by atoms with E-state index in [0.29, 0.717) is 6.61 Å². The number of fused-ring (bicyclic) bond motifs is 1. The summed E-state index contributed by atoms with van der Waals surface area (Å²) in [6, 6.07) is 13.1. The van der Waals surface area contributed by atoms with Gasteiger partial charge in [-0.15, -0.1) is 11.8 Å². The molecule has 6 heteroatoms. The minimum Gasteiger partial charge on any atom is -0.378 e. The molecule has 0 unspecified atom stereocenters. The molecule has 1 atom stereocenters. The molecule has 0 fully saturated rings. The number of thioether (sulfide) groups is 1. The molecule has 0 radical (unpaired) electrons. The maximum Gasteiger partial charge on any atom is 0.141 e. The van der Waals surface area contributed by atoms with Gasteiger partial charge in [-0.1, -0.05) is 23.7 Å². The minimum atomic E-state index is -0.428. The molecule has 0 bridgehead atoms. The van der Waals surface area contributed by atoms with E-state index >= 15 is 0 Å². The van der Waals surface area contributed by atoms with Crippen molar-refractivity contribution in [3.8, 4) is 16.9 Å². The Morgan fingerprint density at radius 2 is 2.11 bits per heavy atom. The van der Waals surface area contributed by atoms with E-state index in [4.69, 9.17) is 21.4 Å². The average Bonchev–Trinajstić information content (AvgIpc) is 2.90. The normalized spacial score (nSPS) is 16.8. The molecule has 27 heavy (non-hydrogen) atoms. The summed E-state index contributed by atoms with van der Waals surface area (Å²) in [6.45, 7) is 2.73. The highest BCUT2D eigenvalue weighted by Gasteiger charge is 2.25. The van der Waals surface area contributed by atoms with Crippen molar-refractivity contribution in [2.24, 2.45) is 0 Å². The third-order valence-corrected chi connectivity index (χ3v) is 5.83. The highest BCUT2D eigenvalue weighted by Crippen LogP contribution is 2.33. The molecule has 1 aliphatic heterocycles. The summed E-state index contributed by atoms with van der Waals surface area (Å²) in [6.07, 6.45) is 3.71. The summed E-state index contributed by atoms with van der Waals surface area (Å²) in [5.41, 5.74) is 5.10. The molecule has 4 rings (SSSR count). The van der Waals surface area contributed by atoms with Crippen molar-refractivity contribution in [1.29, 1.82) is 0 Å². The van der Waals surface area contributed by atoms with Gasteiger partial charge < -0.3 is 4.74 Å². The third kappa shape index (κ3) is 3.64. The molecular weight excluding hydrogens is 383 g/mol. The summed E-state index contributed by atoms with van der Waals surface area (Å²) in [4.78, 5) is 1.19. The van der Waals surface area contributed by atoms with E-state index in [0.717, 1.165) is 35.5 Å². The van der Waals surface area contributed by atoms with E-state index in [1.165, 1.54) is 16.5 Å². The average molecular weight is 403 g/mol. The molecule has 0 amide bonds. The topological polar surface area (TPSA) is 27.1 Å². The van der Waals surface area contributed by atoms with Gasteiger partial charge in [-0.3, -0.25) is 0 Å². The first kappa shape index (κ1) is 18.5. The number of ether oxygens (including phenoxy) is 1. The molecule has 0 N–H and O–H groups in total. The molecule has 3 nitrogen and oxygen atoms in total. The second kappa shape index (κ2) is 7.66. The quantitative estimate of drug-likeness (QED) is 0.537. The Kier molecular flexibility index (Phi) is 5.26. The fraction of sp³-hybridized carbons (Fsp3) is 0.286. The largest absolute Gasteiger partial charge is 0.378 e. The maximum atomic E-state index is 13.7. The first-order valence-electron chi connectivity index (χ1n) is 8.89. The summed E-state index contributed by atoms with van der Waals surface area (Å²) in [7, 11) is 0. The van der Waals surface area contributed by atoms with Gasteiger partial charge in [-0.2, -0.15) is 5.10 Å². The number of halogens is 2. The monoisotopic (exact) mass is 402 g/mol. The second-order valence-electron chi connectivity index (χ2n) is 6.65. The highest BCUT2D eigenvalue weighted by molar-refractivity contribution is 7.98. The van der Waals surface area contributed by atoms with Gasteiger partial charge in [0.15, 0.2) is 0 Å². The van der Waals surface area contributed by atoms with Crippen LogP contribution in [0.3, 0.4) is 0 Å². The SMILES string of the molecule is CSc1cccc(-c2nn(-c3ccc(F)c(Cl)c3)c3c2CCO[C@H](C)C3)c1. The van der Waals surface area contributed by atoms with Gasteiger partial charge in [-0.05, 0) is 49.9 Å². The van der Waals surface area contributed by atoms with Gasteiger partial charge in [-0.25, -0.2) is 9.07 Å². The Morgan fingerprint density at radius 1 is 1.26 bits per heavy atom. The van der Waals surface area contributed by atoms with E-state index in [2.05, 4.69) is 37.4 Å². The van der Waals surface area contributed by atoms with Crippen molar-refractivity contribution in [3.63, 3.8) is 0 Å². The maximum absolute atomic E-state index is 13.7. The number of benzene rings is 2. The van der Waals surface area contributed by atoms with Gasteiger partial charge in [0.25, 0.3) is 0 Å². The molecule has 0 saturated carbocycles. The highest BCUT2D eigenvalue weighted by atomic mass is 35.5. The lowest BCUT2D eigenvalue weighted by Gasteiger charge is -2.11. The number of aromatic nitrogens is 2. The van der Waals surface area contributed by atoms with Gasteiger partial charge in [0.2, 0.25) is 0 Å². The van der Waals surface area contributed by atoms with Crippen LogP contribution in [-0.4, -0.2) is 28.7 Å². The van der Waals surface area contributed by atoms with E-state index in [1.54, 1.807) is 23.9 Å². The van der Waals surface area contributed by atoms with E-state index in [1.807, 2.05) is 4.68 Å². The van der Waals surface area contributed by atoms with Crippen molar-refractivity contribution in [1.82, 2.24) is 9.78 Å². The van der Waals surface area contributed by atoms with Crippen LogP contribution in [0.2, 0.25) is 5.02 Å². The second-order valence-corrected chi connectivity index (χ2v) is 7.94. The fourth-order valence-electron chi connectivity index (χ4n) is 3.48. The van der Waals surface area contributed by atoms with Gasteiger partial charge in [0.05, 0.1) is 34.8 Å². The Balaban J connectivity index is 1.91. The van der Waals surface area contributed by atoms with Crippen molar-refractivity contribution >= 4 is 23.4 Å².